The topological polar surface area (TPSA) is 52.8 Å². The molecule has 0 atom stereocenters. The molecule has 5 nitrogen and oxygen atoms in total. The van der Waals surface area contributed by atoms with Crippen LogP contribution >= 0.6 is 0 Å². The third-order valence-electron chi connectivity index (χ3n) is 1.67. The van der Waals surface area contributed by atoms with E-state index in [0.29, 0.717) is 13.3 Å². The van der Waals surface area contributed by atoms with E-state index in [2.05, 4.69) is 21.7 Å². The van der Waals surface area contributed by atoms with E-state index in [0.717, 1.165) is 5.56 Å². The van der Waals surface area contributed by atoms with Crippen LogP contribution in [0.3, 0.4) is 0 Å². The van der Waals surface area contributed by atoms with Crippen LogP contribution in [0, 0.1) is 6.33 Å². The van der Waals surface area contributed by atoms with Crippen molar-refractivity contribution in [3.8, 4) is 0 Å². The van der Waals surface area contributed by atoms with Crippen molar-refractivity contribution in [3.63, 3.8) is 0 Å². The van der Waals surface area contributed by atoms with Gasteiger partial charge in [0, 0.05) is 0 Å². The molecule has 2 rings (SSSR count). The summed E-state index contributed by atoms with van der Waals surface area (Å²) in [5.41, 5.74) is 1.12. The van der Waals surface area contributed by atoms with Crippen molar-refractivity contribution >= 4 is 0 Å². The van der Waals surface area contributed by atoms with Gasteiger partial charge in [-0.05, 0) is 5.56 Å². The molecule has 6 heteroatoms. The predicted octanol–water partition coefficient (Wildman–Crippen LogP) is -2.35. The fraction of sp³-hybridized carbons (Fsp3) is 0.222. The van der Waals surface area contributed by atoms with Crippen LogP contribution in [0.4, 0.5) is 0 Å². The van der Waals surface area contributed by atoms with Gasteiger partial charge in [0.05, 0.1) is 6.61 Å². The van der Waals surface area contributed by atoms with Gasteiger partial charge >= 0.3 is 18.9 Å². The second-order valence-electron chi connectivity index (χ2n) is 2.72. The molecular weight excluding hydrogens is 187 g/mol. The molecule has 0 aliphatic carbocycles. The van der Waals surface area contributed by atoms with Crippen molar-refractivity contribution in [3.05, 3.63) is 42.2 Å². The summed E-state index contributed by atoms with van der Waals surface area (Å²) in [5.74, 6) is 0. The third kappa shape index (κ3) is 3.84. The minimum absolute atomic E-state index is 0. The first-order chi connectivity index (χ1) is 6.95. The van der Waals surface area contributed by atoms with Gasteiger partial charge in [0.1, 0.15) is 0 Å². The van der Waals surface area contributed by atoms with E-state index in [-0.39, 0.29) is 18.9 Å². The quantitative estimate of drug-likeness (QED) is 0.406. The summed E-state index contributed by atoms with van der Waals surface area (Å²) < 4.78 is 5.34. The molecule has 1 heterocycles. The van der Waals surface area contributed by atoms with Crippen LogP contribution in [0.2, 0.25) is 0 Å². The van der Waals surface area contributed by atoms with E-state index < -0.39 is 0 Å². The largest absolute Gasteiger partial charge is 1.00 e. The molecule has 0 bridgehead atoms. The van der Waals surface area contributed by atoms with E-state index in [1.54, 1.807) is 0 Å². The monoisotopic (exact) mass is 196 g/mol. The number of hydrogen-bond acceptors (Lipinski definition) is 4. The summed E-state index contributed by atoms with van der Waals surface area (Å²) in [7, 11) is 0. The molecule has 0 saturated heterocycles. The number of hydrogen-bond donors (Lipinski definition) is 0. The van der Waals surface area contributed by atoms with Crippen molar-refractivity contribution < 1.29 is 23.6 Å². The molecule has 72 valence electrons. The van der Waals surface area contributed by atoms with Gasteiger partial charge in [0.25, 0.3) is 0 Å². The summed E-state index contributed by atoms with van der Waals surface area (Å²) in [5, 5.41) is 10.8. The van der Waals surface area contributed by atoms with Gasteiger partial charge in [-0.1, -0.05) is 35.5 Å². The second-order valence-corrected chi connectivity index (χ2v) is 2.72. The average molecular weight is 196 g/mol. The van der Waals surface area contributed by atoms with Crippen LogP contribution in [0.1, 0.15) is 5.56 Å². The molecule has 0 fully saturated rings. The first-order valence-corrected chi connectivity index (χ1v) is 4.21. The van der Waals surface area contributed by atoms with Crippen LogP contribution < -0.4 is 18.9 Å². The maximum Gasteiger partial charge on any atom is 1.00 e. The molecule has 1 aromatic heterocycles. The van der Waals surface area contributed by atoms with Gasteiger partial charge in [0.15, 0.2) is 6.73 Å². The Labute approximate surface area is 99.6 Å². The number of aromatic nitrogens is 4. The Hall–Kier alpha value is -1.15. The normalized spacial score (nSPS) is 9.60. The molecular formula is C9H9LiN4O. The van der Waals surface area contributed by atoms with Crippen LogP contribution in [0.15, 0.2) is 30.3 Å². The first kappa shape index (κ1) is 11.9. The maximum atomic E-state index is 5.34. The van der Waals surface area contributed by atoms with Gasteiger partial charge < -0.3 is 14.9 Å². The van der Waals surface area contributed by atoms with E-state index in [9.17, 15) is 0 Å². The zero-order chi connectivity index (χ0) is 9.64. The Morgan fingerprint density at radius 3 is 2.73 bits per heavy atom. The number of nitrogens with zero attached hydrogens (tertiary/aromatic N) is 4. The van der Waals surface area contributed by atoms with Crippen LogP contribution in [-0.4, -0.2) is 20.2 Å². The molecule has 1 aromatic carbocycles. The van der Waals surface area contributed by atoms with Crippen molar-refractivity contribution in [2.75, 3.05) is 0 Å². The molecule has 0 spiro atoms. The molecule has 0 radical (unpaired) electrons. The fourth-order valence-corrected chi connectivity index (χ4v) is 1.04. The van der Waals surface area contributed by atoms with Crippen molar-refractivity contribution in [2.24, 2.45) is 0 Å². The van der Waals surface area contributed by atoms with Crippen LogP contribution in [0.25, 0.3) is 0 Å². The van der Waals surface area contributed by atoms with Gasteiger partial charge in [-0.2, -0.15) is 4.80 Å². The van der Waals surface area contributed by atoms with Crippen molar-refractivity contribution in [2.45, 2.75) is 13.3 Å². The van der Waals surface area contributed by atoms with Gasteiger partial charge in [-0.3, -0.25) is 0 Å². The number of tetrazole rings is 1. The van der Waals surface area contributed by atoms with Gasteiger partial charge in [0.2, 0.25) is 0 Å². The smallest absolute Gasteiger partial charge is 0.353 e. The van der Waals surface area contributed by atoms with E-state index in [1.807, 2.05) is 30.3 Å². The molecule has 15 heavy (non-hydrogen) atoms. The summed E-state index contributed by atoms with van der Waals surface area (Å²) in [4.78, 5) is 1.34. The molecule has 2 aromatic rings. The summed E-state index contributed by atoms with van der Waals surface area (Å²) >= 11 is 0. The molecule has 0 aliphatic heterocycles. The Morgan fingerprint density at radius 2 is 2.07 bits per heavy atom. The Bertz CT molecular complexity index is 365. The number of ether oxygens (including phenoxy) is 1. The molecule has 0 aliphatic rings. The minimum Gasteiger partial charge on any atom is -0.353 e. The Kier molecular flexibility index (Phi) is 5.05. The van der Waals surface area contributed by atoms with Crippen molar-refractivity contribution in [1.29, 1.82) is 0 Å². The van der Waals surface area contributed by atoms with Gasteiger partial charge in [-0.25, -0.2) is 6.33 Å². The van der Waals surface area contributed by atoms with Crippen molar-refractivity contribution in [1.82, 2.24) is 20.2 Å². The van der Waals surface area contributed by atoms with E-state index in [1.165, 1.54) is 4.80 Å². The van der Waals surface area contributed by atoms with Gasteiger partial charge in [-0.15, -0.1) is 0 Å². The minimum atomic E-state index is 0. The molecule has 0 saturated carbocycles. The fourth-order valence-electron chi connectivity index (χ4n) is 1.04. The maximum absolute atomic E-state index is 5.34. The van der Waals surface area contributed by atoms with E-state index in [4.69, 9.17) is 4.74 Å². The third-order valence-corrected chi connectivity index (χ3v) is 1.67. The zero-order valence-corrected chi connectivity index (χ0v) is 8.50. The Morgan fingerprint density at radius 1 is 1.27 bits per heavy atom. The number of benzene rings is 1. The summed E-state index contributed by atoms with van der Waals surface area (Å²) in [6.07, 6.45) is 2.35. The SMILES string of the molecule is [Li+].[c-]1nnn(COCc2ccccc2)n1. The van der Waals surface area contributed by atoms with Crippen LogP contribution in [-0.2, 0) is 18.1 Å². The van der Waals surface area contributed by atoms with Crippen LogP contribution in [0.5, 0.6) is 0 Å². The standard InChI is InChI=1S/C9H9N4O.Li/c1-2-4-9(5-3-1)6-14-8-13-11-7-10-12-13;/h1-5H,6,8H2;/q-1;+1. The average Bonchev–Trinajstić information content (AvgIpc) is 2.72. The summed E-state index contributed by atoms with van der Waals surface area (Å²) in [6, 6.07) is 9.92. The predicted molar refractivity (Wildman–Crippen MR) is 47.9 cm³/mol. The van der Waals surface area contributed by atoms with E-state index >= 15 is 0 Å². The molecule has 0 unspecified atom stereocenters. The number of rotatable bonds is 4. The first-order valence-electron chi connectivity index (χ1n) is 4.21. The Balaban J connectivity index is 0.00000112. The molecule has 0 N–H and O–H groups in total. The zero-order valence-electron chi connectivity index (χ0n) is 8.50. The second kappa shape index (κ2) is 6.35. The summed E-state index contributed by atoms with van der Waals surface area (Å²) in [6.45, 7) is 0.841. The molecule has 0 amide bonds.